The molecule has 0 saturated carbocycles. The number of rotatable bonds is 2. The lowest BCUT2D eigenvalue weighted by atomic mass is 9.91. The van der Waals surface area contributed by atoms with Crippen molar-refractivity contribution in [3.05, 3.63) is 30.6 Å². The standard InChI is InChI=1S/C15H19N3O/c1-15(2,3)10-14(19)18(4)11-5-6-12-13(9-11)17-8-7-16-12/h5-9H,10H2,1-4H3. The number of nitrogens with zero attached hydrogens (tertiary/aromatic N) is 3. The first kappa shape index (κ1) is 13.5. The van der Waals surface area contributed by atoms with Crippen molar-refractivity contribution in [3.8, 4) is 0 Å². The van der Waals surface area contributed by atoms with E-state index in [0.717, 1.165) is 16.7 Å². The van der Waals surface area contributed by atoms with Gasteiger partial charge in [0, 0.05) is 31.5 Å². The van der Waals surface area contributed by atoms with E-state index >= 15 is 0 Å². The molecule has 4 nitrogen and oxygen atoms in total. The average Bonchev–Trinajstić information content (AvgIpc) is 2.35. The topological polar surface area (TPSA) is 46.1 Å². The second-order valence-corrected chi connectivity index (χ2v) is 5.92. The highest BCUT2D eigenvalue weighted by atomic mass is 16.2. The summed E-state index contributed by atoms with van der Waals surface area (Å²) in [6.07, 6.45) is 3.83. The summed E-state index contributed by atoms with van der Waals surface area (Å²) < 4.78 is 0. The summed E-state index contributed by atoms with van der Waals surface area (Å²) in [5.41, 5.74) is 2.47. The summed E-state index contributed by atoms with van der Waals surface area (Å²) >= 11 is 0. The molecule has 1 amide bonds. The molecule has 0 radical (unpaired) electrons. The fourth-order valence-corrected chi connectivity index (χ4v) is 1.88. The van der Waals surface area contributed by atoms with E-state index in [9.17, 15) is 4.79 Å². The predicted octanol–water partition coefficient (Wildman–Crippen LogP) is 3.03. The highest BCUT2D eigenvalue weighted by Gasteiger charge is 2.20. The third-order valence-electron chi connectivity index (χ3n) is 2.90. The highest BCUT2D eigenvalue weighted by Crippen LogP contribution is 2.23. The predicted molar refractivity (Wildman–Crippen MR) is 77.0 cm³/mol. The monoisotopic (exact) mass is 257 g/mol. The maximum atomic E-state index is 12.2. The van der Waals surface area contributed by atoms with Crippen LogP contribution in [0.2, 0.25) is 0 Å². The van der Waals surface area contributed by atoms with Crippen LogP contribution >= 0.6 is 0 Å². The van der Waals surface area contributed by atoms with Crippen molar-refractivity contribution < 1.29 is 4.79 Å². The van der Waals surface area contributed by atoms with Gasteiger partial charge in [-0.1, -0.05) is 20.8 Å². The third kappa shape index (κ3) is 3.28. The molecule has 0 N–H and O–H groups in total. The quantitative estimate of drug-likeness (QED) is 0.830. The number of benzene rings is 1. The van der Waals surface area contributed by atoms with Crippen LogP contribution in [0.5, 0.6) is 0 Å². The van der Waals surface area contributed by atoms with Crippen LogP contribution in [0.4, 0.5) is 5.69 Å². The lowest BCUT2D eigenvalue weighted by Crippen LogP contribution is -2.29. The molecular formula is C15H19N3O. The summed E-state index contributed by atoms with van der Waals surface area (Å²) in [5.74, 6) is 0.107. The Morgan fingerprint density at radius 1 is 1.16 bits per heavy atom. The number of hydrogen-bond acceptors (Lipinski definition) is 3. The molecule has 0 bridgehead atoms. The summed E-state index contributed by atoms with van der Waals surface area (Å²) in [7, 11) is 1.80. The smallest absolute Gasteiger partial charge is 0.227 e. The molecule has 0 fully saturated rings. The number of amides is 1. The Kier molecular flexibility index (Phi) is 3.51. The summed E-state index contributed by atoms with van der Waals surface area (Å²) in [4.78, 5) is 22.3. The second kappa shape index (κ2) is 4.96. The van der Waals surface area contributed by atoms with Gasteiger partial charge in [0.1, 0.15) is 0 Å². The van der Waals surface area contributed by atoms with Crippen molar-refractivity contribution in [2.75, 3.05) is 11.9 Å². The molecule has 1 aromatic heterocycles. The Bertz CT molecular complexity index is 602. The first-order valence-electron chi connectivity index (χ1n) is 6.34. The molecule has 4 heteroatoms. The van der Waals surface area contributed by atoms with Gasteiger partial charge < -0.3 is 4.90 Å². The van der Waals surface area contributed by atoms with Crippen molar-refractivity contribution in [2.45, 2.75) is 27.2 Å². The Hall–Kier alpha value is -1.97. The van der Waals surface area contributed by atoms with Crippen LogP contribution in [0.25, 0.3) is 11.0 Å². The number of aromatic nitrogens is 2. The van der Waals surface area contributed by atoms with Gasteiger partial charge in [-0.2, -0.15) is 0 Å². The van der Waals surface area contributed by atoms with Gasteiger partial charge in [-0.05, 0) is 23.6 Å². The fraction of sp³-hybridized carbons (Fsp3) is 0.400. The van der Waals surface area contributed by atoms with E-state index in [1.165, 1.54) is 0 Å². The Morgan fingerprint density at radius 2 is 1.79 bits per heavy atom. The van der Waals surface area contributed by atoms with Gasteiger partial charge in [0.2, 0.25) is 5.91 Å². The zero-order valence-electron chi connectivity index (χ0n) is 11.8. The molecule has 19 heavy (non-hydrogen) atoms. The molecule has 0 aliphatic rings. The minimum absolute atomic E-state index is 0.0119. The van der Waals surface area contributed by atoms with E-state index < -0.39 is 0 Å². The Morgan fingerprint density at radius 3 is 2.42 bits per heavy atom. The van der Waals surface area contributed by atoms with Gasteiger partial charge in [-0.3, -0.25) is 14.8 Å². The largest absolute Gasteiger partial charge is 0.315 e. The van der Waals surface area contributed by atoms with E-state index in [1.54, 1.807) is 24.3 Å². The van der Waals surface area contributed by atoms with Gasteiger partial charge in [0.25, 0.3) is 0 Å². The lowest BCUT2D eigenvalue weighted by Gasteiger charge is -2.23. The zero-order chi connectivity index (χ0) is 14.0. The first-order chi connectivity index (χ1) is 8.87. The molecule has 0 aliphatic heterocycles. The number of carbonyl (C=O) groups is 1. The van der Waals surface area contributed by atoms with E-state index in [2.05, 4.69) is 30.7 Å². The van der Waals surface area contributed by atoms with Crippen LogP contribution in [-0.4, -0.2) is 22.9 Å². The lowest BCUT2D eigenvalue weighted by molar-refractivity contribution is -0.120. The summed E-state index contributed by atoms with van der Waals surface area (Å²) in [6, 6.07) is 5.68. The molecule has 100 valence electrons. The normalized spacial score (nSPS) is 11.6. The second-order valence-electron chi connectivity index (χ2n) is 5.92. The molecule has 1 aromatic carbocycles. The van der Waals surface area contributed by atoms with Gasteiger partial charge in [-0.25, -0.2) is 0 Å². The molecule has 0 unspecified atom stereocenters. The van der Waals surface area contributed by atoms with E-state index in [4.69, 9.17) is 0 Å². The van der Waals surface area contributed by atoms with Crippen LogP contribution in [0.3, 0.4) is 0 Å². The van der Waals surface area contributed by atoms with Crippen LogP contribution < -0.4 is 4.90 Å². The third-order valence-corrected chi connectivity index (χ3v) is 2.90. The van der Waals surface area contributed by atoms with Crippen molar-refractivity contribution in [2.24, 2.45) is 5.41 Å². The number of fused-ring (bicyclic) bond motifs is 1. The van der Waals surface area contributed by atoms with E-state index in [1.807, 2.05) is 18.2 Å². The van der Waals surface area contributed by atoms with Crippen LogP contribution in [0.15, 0.2) is 30.6 Å². The Labute approximate surface area is 113 Å². The Balaban J connectivity index is 2.26. The molecule has 0 spiro atoms. The molecular weight excluding hydrogens is 238 g/mol. The highest BCUT2D eigenvalue weighted by molar-refractivity contribution is 5.95. The molecule has 0 aliphatic carbocycles. The van der Waals surface area contributed by atoms with Crippen LogP contribution in [0, 0.1) is 5.41 Å². The average molecular weight is 257 g/mol. The molecule has 0 saturated heterocycles. The molecule has 2 aromatic rings. The van der Waals surface area contributed by atoms with Gasteiger partial charge in [0.05, 0.1) is 11.0 Å². The molecule has 2 rings (SSSR count). The van der Waals surface area contributed by atoms with Crippen LogP contribution in [-0.2, 0) is 4.79 Å². The zero-order valence-corrected chi connectivity index (χ0v) is 11.8. The SMILES string of the molecule is CN(C(=O)CC(C)(C)C)c1ccc2nccnc2c1. The van der Waals surface area contributed by atoms with Crippen molar-refractivity contribution in [1.82, 2.24) is 9.97 Å². The van der Waals surface area contributed by atoms with Crippen molar-refractivity contribution >= 4 is 22.6 Å². The van der Waals surface area contributed by atoms with Crippen molar-refractivity contribution in [1.29, 1.82) is 0 Å². The minimum atomic E-state index is -0.0119. The number of hydrogen-bond donors (Lipinski definition) is 0. The summed E-state index contributed by atoms with van der Waals surface area (Å²) in [5, 5.41) is 0. The molecule has 0 atom stereocenters. The number of carbonyl (C=O) groups excluding carboxylic acids is 1. The minimum Gasteiger partial charge on any atom is -0.315 e. The maximum Gasteiger partial charge on any atom is 0.227 e. The summed E-state index contributed by atoms with van der Waals surface area (Å²) in [6.45, 7) is 6.18. The van der Waals surface area contributed by atoms with Gasteiger partial charge in [0.15, 0.2) is 0 Å². The van der Waals surface area contributed by atoms with E-state index in [0.29, 0.717) is 6.42 Å². The van der Waals surface area contributed by atoms with Gasteiger partial charge in [-0.15, -0.1) is 0 Å². The van der Waals surface area contributed by atoms with E-state index in [-0.39, 0.29) is 11.3 Å². The van der Waals surface area contributed by atoms with Crippen molar-refractivity contribution in [3.63, 3.8) is 0 Å². The molecule has 1 heterocycles. The van der Waals surface area contributed by atoms with Crippen LogP contribution in [0.1, 0.15) is 27.2 Å². The fourth-order valence-electron chi connectivity index (χ4n) is 1.88. The van der Waals surface area contributed by atoms with Gasteiger partial charge >= 0.3 is 0 Å². The number of anilines is 1. The first-order valence-corrected chi connectivity index (χ1v) is 6.34. The maximum absolute atomic E-state index is 12.2.